The number of aromatic amines is 1. The molecular formula is C12H16F3N3O5. The zero-order chi connectivity index (χ0) is 17.5. The smallest absolute Gasteiger partial charge is 0.423 e. The predicted octanol–water partition coefficient (Wildman–Crippen LogP) is 0.707. The van der Waals surface area contributed by atoms with Crippen LogP contribution in [0.25, 0.3) is 0 Å². The summed E-state index contributed by atoms with van der Waals surface area (Å²) in [4.78, 5) is 21.7. The van der Waals surface area contributed by atoms with Crippen molar-refractivity contribution < 1.29 is 32.5 Å². The summed E-state index contributed by atoms with van der Waals surface area (Å²) in [7, 11) is 1.34. The van der Waals surface area contributed by atoms with Gasteiger partial charge < -0.3 is 19.9 Å². The fraction of sp³-hybridized carbons (Fsp3) is 0.583. The lowest BCUT2D eigenvalue weighted by Crippen LogP contribution is -2.33. The molecule has 0 aliphatic heterocycles. The monoisotopic (exact) mass is 339 g/mol. The minimum absolute atomic E-state index is 0.0167. The van der Waals surface area contributed by atoms with Crippen LogP contribution in [0.1, 0.15) is 12.0 Å². The van der Waals surface area contributed by atoms with E-state index in [4.69, 9.17) is 14.6 Å². The fourth-order valence-electron chi connectivity index (χ4n) is 1.73. The summed E-state index contributed by atoms with van der Waals surface area (Å²) in [6, 6.07) is -0.724. The highest BCUT2D eigenvalue weighted by atomic mass is 19.4. The Morgan fingerprint density at radius 3 is 2.74 bits per heavy atom. The lowest BCUT2D eigenvalue weighted by atomic mass is 10.2. The van der Waals surface area contributed by atoms with Crippen LogP contribution in [0.3, 0.4) is 0 Å². The summed E-state index contributed by atoms with van der Waals surface area (Å²) in [5.41, 5.74) is -3.28. The van der Waals surface area contributed by atoms with E-state index in [-0.39, 0.29) is 26.2 Å². The topological polar surface area (TPSA) is 114 Å². The minimum atomic E-state index is -4.86. The van der Waals surface area contributed by atoms with Crippen LogP contribution >= 0.6 is 0 Å². The van der Waals surface area contributed by atoms with Crippen LogP contribution in [0.15, 0.2) is 11.0 Å². The Hall–Kier alpha value is -2.14. The van der Waals surface area contributed by atoms with Gasteiger partial charge in [0.05, 0.1) is 44.2 Å². The van der Waals surface area contributed by atoms with Crippen LogP contribution < -0.4 is 10.9 Å². The second-order valence-electron chi connectivity index (χ2n) is 4.50. The van der Waals surface area contributed by atoms with Crippen molar-refractivity contribution in [2.24, 2.45) is 0 Å². The Bertz CT molecular complexity index is 576. The number of carboxylic acid groups (broad SMARTS) is 1. The van der Waals surface area contributed by atoms with Crippen molar-refractivity contribution in [2.75, 3.05) is 32.2 Å². The Morgan fingerprint density at radius 1 is 1.48 bits per heavy atom. The maximum absolute atomic E-state index is 12.9. The van der Waals surface area contributed by atoms with E-state index >= 15 is 0 Å². The number of halogens is 3. The van der Waals surface area contributed by atoms with Crippen LogP contribution in [0.4, 0.5) is 18.9 Å². The molecule has 23 heavy (non-hydrogen) atoms. The number of aromatic nitrogens is 2. The van der Waals surface area contributed by atoms with Crippen molar-refractivity contribution in [3.05, 3.63) is 22.1 Å². The second kappa shape index (κ2) is 8.48. The summed E-state index contributed by atoms with van der Waals surface area (Å²) in [5, 5.41) is 16.0. The minimum Gasteiger partial charge on any atom is -0.481 e. The molecule has 0 saturated heterocycles. The summed E-state index contributed by atoms with van der Waals surface area (Å²) in [6.45, 7) is -0.223. The SMILES string of the molecule is COC[C@@H](COCCC(=O)O)Nc1cn[nH]c(=O)c1C(F)(F)F. The van der Waals surface area contributed by atoms with E-state index in [9.17, 15) is 22.8 Å². The predicted molar refractivity (Wildman–Crippen MR) is 72.2 cm³/mol. The molecule has 3 N–H and O–H groups in total. The van der Waals surface area contributed by atoms with E-state index in [1.165, 1.54) is 7.11 Å². The first-order valence-corrected chi connectivity index (χ1v) is 6.45. The Balaban J connectivity index is 2.82. The number of H-pyrrole nitrogens is 1. The molecule has 0 bridgehead atoms. The number of carboxylic acids is 1. The number of methoxy groups -OCH3 is 1. The number of rotatable bonds is 9. The van der Waals surface area contributed by atoms with Crippen molar-refractivity contribution >= 4 is 11.7 Å². The van der Waals surface area contributed by atoms with Crippen molar-refractivity contribution in [1.29, 1.82) is 0 Å². The molecule has 0 fully saturated rings. The van der Waals surface area contributed by atoms with Crippen molar-refractivity contribution in [3.8, 4) is 0 Å². The molecule has 8 nitrogen and oxygen atoms in total. The number of carbonyl (C=O) groups is 1. The summed E-state index contributed by atoms with van der Waals surface area (Å²) in [5.74, 6) is -1.06. The van der Waals surface area contributed by atoms with Crippen LogP contribution in [0.2, 0.25) is 0 Å². The van der Waals surface area contributed by atoms with E-state index in [0.29, 0.717) is 0 Å². The molecule has 1 rings (SSSR count). The van der Waals surface area contributed by atoms with Crippen LogP contribution in [0, 0.1) is 0 Å². The normalized spacial score (nSPS) is 12.9. The number of ether oxygens (including phenoxy) is 2. The maximum atomic E-state index is 12.9. The van der Waals surface area contributed by atoms with Gasteiger partial charge in [-0.25, -0.2) is 5.10 Å². The number of anilines is 1. The average Bonchev–Trinajstić information content (AvgIpc) is 2.42. The van der Waals surface area contributed by atoms with Crippen LogP contribution in [-0.2, 0) is 20.4 Å². The molecule has 0 saturated carbocycles. The van der Waals surface area contributed by atoms with Gasteiger partial charge in [0.25, 0.3) is 5.56 Å². The van der Waals surface area contributed by atoms with Gasteiger partial charge in [0, 0.05) is 7.11 Å². The summed E-state index contributed by atoms with van der Waals surface area (Å²) >= 11 is 0. The molecule has 1 atom stereocenters. The molecule has 0 unspecified atom stereocenters. The summed E-state index contributed by atoms with van der Waals surface area (Å²) in [6.07, 6.45) is -4.26. The van der Waals surface area contributed by atoms with Crippen molar-refractivity contribution in [2.45, 2.75) is 18.6 Å². The standard InChI is InChI=1S/C12H16F3N3O5/c1-22-5-7(6-23-3-2-9(19)20)17-8-4-16-18-11(21)10(8)12(13,14)15/h4,7H,2-3,5-6H2,1H3,(H,19,20)(H2,17,18,21)/t7-/m0/s1. The lowest BCUT2D eigenvalue weighted by molar-refractivity contribution is -0.139. The molecule has 1 heterocycles. The zero-order valence-corrected chi connectivity index (χ0v) is 12.1. The number of hydrogen-bond acceptors (Lipinski definition) is 6. The van der Waals surface area contributed by atoms with Crippen LogP contribution in [-0.4, -0.2) is 54.2 Å². The van der Waals surface area contributed by atoms with Gasteiger partial charge in [0.15, 0.2) is 0 Å². The third kappa shape index (κ3) is 6.24. The molecule has 1 aromatic heterocycles. The highest BCUT2D eigenvalue weighted by molar-refractivity contribution is 5.66. The van der Waals surface area contributed by atoms with Gasteiger partial charge in [-0.15, -0.1) is 0 Å². The van der Waals surface area contributed by atoms with E-state index < -0.39 is 35.0 Å². The van der Waals surface area contributed by atoms with Gasteiger partial charge in [-0.2, -0.15) is 18.3 Å². The highest BCUT2D eigenvalue weighted by Crippen LogP contribution is 2.31. The van der Waals surface area contributed by atoms with E-state index in [1.54, 1.807) is 5.10 Å². The highest BCUT2D eigenvalue weighted by Gasteiger charge is 2.37. The summed E-state index contributed by atoms with van der Waals surface area (Å²) < 4.78 is 48.7. The average molecular weight is 339 g/mol. The number of aliphatic carboxylic acids is 1. The number of alkyl halides is 3. The number of nitrogens with one attached hydrogen (secondary N) is 2. The quantitative estimate of drug-likeness (QED) is 0.568. The van der Waals surface area contributed by atoms with E-state index in [0.717, 1.165) is 6.20 Å². The molecule has 0 spiro atoms. The first-order valence-electron chi connectivity index (χ1n) is 6.45. The molecule has 11 heteroatoms. The molecule has 0 aromatic carbocycles. The fourth-order valence-corrected chi connectivity index (χ4v) is 1.73. The molecular weight excluding hydrogens is 323 g/mol. The third-order valence-corrected chi connectivity index (χ3v) is 2.65. The Labute approximate surface area is 128 Å². The second-order valence-corrected chi connectivity index (χ2v) is 4.50. The van der Waals surface area contributed by atoms with Crippen LogP contribution in [0.5, 0.6) is 0 Å². The molecule has 0 radical (unpaired) electrons. The number of nitrogens with zero attached hydrogens (tertiary/aromatic N) is 1. The van der Waals surface area contributed by atoms with Gasteiger partial charge in [-0.3, -0.25) is 9.59 Å². The van der Waals surface area contributed by atoms with Crippen molar-refractivity contribution in [1.82, 2.24) is 10.2 Å². The first-order chi connectivity index (χ1) is 10.8. The van der Waals surface area contributed by atoms with Gasteiger partial charge in [0.1, 0.15) is 5.56 Å². The first kappa shape index (κ1) is 18.9. The Kier molecular flexibility index (Phi) is 6.97. The Morgan fingerprint density at radius 2 is 2.17 bits per heavy atom. The lowest BCUT2D eigenvalue weighted by Gasteiger charge is -2.21. The van der Waals surface area contributed by atoms with Gasteiger partial charge in [-0.05, 0) is 0 Å². The molecule has 1 aromatic rings. The third-order valence-electron chi connectivity index (χ3n) is 2.65. The molecule has 130 valence electrons. The molecule has 0 aliphatic rings. The molecule has 0 aliphatic carbocycles. The zero-order valence-electron chi connectivity index (χ0n) is 12.1. The van der Waals surface area contributed by atoms with E-state index in [2.05, 4.69) is 10.4 Å². The van der Waals surface area contributed by atoms with Gasteiger partial charge in [-0.1, -0.05) is 0 Å². The largest absolute Gasteiger partial charge is 0.481 e. The van der Waals surface area contributed by atoms with Gasteiger partial charge in [0.2, 0.25) is 0 Å². The van der Waals surface area contributed by atoms with Gasteiger partial charge >= 0.3 is 12.1 Å². The number of hydrogen-bond donors (Lipinski definition) is 3. The molecule has 0 amide bonds. The van der Waals surface area contributed by atoms with E-state index in [1.807, 2.05) is 0 Å². The maximum Gasteiger partial charge on any atom is 0.423 e. The van der Waals surface area contributed by atoms with Crippen molar-refractivity contribution in [3.63, 3.8) is 0 Å².